The summed E-state index contributed by atoms with van der Waals surface area (Å²) in [5, 5.41) is 3.31. The number of ether oxygens (including phenoxy) is 3. The number of rotatable bonds is 10. The summed E-state index contributed by atoms with van der Waals surface area (Å²) in [5.41, 5.74) is 1.24. The summed E-state index contributed by atoms with van der Waals surface area (Å²) in [4.78, 5) is 0. The summed E-state index contributed by atoms with van der Waals surface area (Å²) in [6.07, 6.45) is 1.07. The van der Waals surface area contributed by atoms with Crippen molar-refractivity contribution in [1.82, 2.24) is 5.32 Å². The van der Waals surface area contributed by atoms with Gasteiger partial charge in [0, 0.05) is 40.3 Å². The third kappa shape index (κ3) is 7.15. The second-order valence-corrected chi connectivity index (χ2v) is 4.52. The molecule has 0 bridgehead atoms. The lowest BCUT2D eigenvalue weighted by Crippen LogP contribution is -2.18. The Bertz CT molecular complexity index is 327. The molecule has 4 heteroatoms. The minimum Gasteiger partial charge on any atom is -0.491 e. The van der Waals surface area contributed by atoms with Crippen LogP contribution in [0.5, 0.6) is 5.75 Å². The van der Waals surface area contributed by atoms with Crippen molar-refractivity contribution < 1.29 is 14.2 Å². The molecule has 0 aromatic heterocycles. The zero-order valence-corrected chi connectivity index (χ0v) is 12.1. The molecule has 108 valence electrons. The summed E-state index contributed by atoms with van der Waals surface area (Å²) in [6, 6.07) is 8.18. The molecule has 0 heterocycles. The van der Waals surface area contributed by atoms with E-state index in [1.807, 2.05) is 12.1 Å². The van der Waals surface area contributed by atoms with Crippen molar-refractivity contribution in [2.45, 2.75) is 26.0 Å². The van der Waals surface area contributed by atoms with Crippen LogP contribution in [0.3, 0.4) is 0 Å². The SMILES string of the molecule is COCCNCc1ccc(OC(C)CCOC)cc1. The second-order valence-electron chi connectivity index (χ2n) is 4.52. The van der Waals surface area contributed by atoms with Crippen LogP contribution in [0.1, 0.15) is 18.9 Å². The maximum absolute atomic E-state index is 5.79. The number of methoxy groups -OCH3 is 2. The van der Waals surface area contributed by atoms with E-state index in [9.17, 15) is 0 Å². The van der Waals surface area contributed by atoms with Gasteiger partial charge in [-0.05, 0) is 24.6 Å². The van der Waals surface area contributed by atoms with Crippen molar-refractivity contribution in [2.24, 2.45) is 0 Å². The first-order valence-electron chi connectivity index (χ1n) is 6.70. The molecule has 1 aromatic rings. The Balaban J connectivity index is 2.30. The van der Waals surface area contributed by atoms with Gasteiger partial charge in [0.05, 0.1) is 12.7 Å². The highest BCUT2D eigenvalue weighted by Crippen LogP contribution is 2.14. The van der Waals surface area contributed by atoms with Gasteiger partial charge in [0.2, 0.25) is 0 Å². The Morgan fingerprint density at radius 1 is 1.05 bits per heavy atom. The van der Waals surface area contributed by atoms with Crippen molar-refractivity contribution in [3.05, 3.63) is 29.8 Å². The molecule has 0 saturated heterocycles. The van der Waals surface area contributed by atoms with Crippen LogP contribution in [-0.2, 0) is 16.0 Å². The third-order valence-electron chi connectivity index (χ3n) is 2.80. The molecule has 0 fully saturated rings. The Morgan fingerprint density at radius 3 is 2.37 bits per heavy atom. The average Bonchev–Trinajstić information content (AvgIpc) is 2.43. The largest absolute Gasteiger partial charge is 0.491 e. The fourth-order valence-electron chi connectivity index (χ4n) is 1.67. The maximum Gasteiger partial charge on any atom is 0.119 e. The molecular formula is C15H25NO3. The fourth-order valence-corrected chi connectivity index (χ4v) is 1.67. The molecule has 1 atom stereocenters. The molecular weight excluding hydrogens is 242 g/mol. The zero-order chi connectivity index (χ0) is 13.9. The highest BCUT2D eigenvalue weighted by Gasteiger charge is 2.03. The van der Waals surface area contributed by atoms with Gasteiger partial charge in [-0.1, -0.05) is 12.1 Å². The van der Waals surface area contributed by atoms with Gasteiger partial charge in [-0.3, -0.25) is 0 Å². The van der Waals surface area contributed by atoms with Gasteiger partial charge >= 0.3 is 0 Å². The second kappa shape index (κ2) is 9.78. The van der Waals surface area contributed by atoms with Crippen molar-refractivity contribution in [1.29, 1.82) is 0 Å². The molecule has 1 aromatic carbocycles. The molecule has 0 aliphatic rings. The van der Waals surface area contributed by atoms with E-state index < -0.39 is 0 Å². The molecule has 0 aliphatic carbocycles. The van der Waals surface area contributed by atoms with Gasteiger partial charge in [0.25, 0.3) is 0 Å². The first-order chi connectivity index (χ1) is 9.26. The van der Waals surface area contributed by atoms with Crippen molar-refractivity contribution in [3.63, 3.8) is 0 Å². The van der Waals surface area contributed by atoms with Gasteiger partial charge in [-0.25, -0.2) is 0 Å². The average molecular weight is 267 g/mol. The van der Waals surface area contributed by atoms with Crippen LogP contribution < -0.4 is 10.1 Å². The van der Waals surface area contributed by atoms with Gasteiger partial charge < -0.3 is 19.5 Å². The van der Waals surface area contributed by atoms with Crippen LogP contribution in [0.25, 0.3) is 0 Å². The summed E-state index contributed by atoms with van der Waals surface area (Å²) >= 11 is 0. The number of hydrogen-bond donors (Lipinski definition) is 1. The van der Waals surface area contributed by atoms with E-state index >= 15 is 0 Å². The number of hydrogen-bond acceptors (Lipinski definition) is 4. The zero-order valence-electron chi connectivity index (χ0n) is 12.1. The number of nitrogens with one attached hydrogen (secondary N) is 1. The third-order valence-corrected chi connectivity index (χ3v) is 2.80. The predicted octanol–water partition coefficient (Wildman–Crippen LogP) is 2.23. The molecule has 4 nitrogen and oxygen atoms in total. The van der Waals surface area contributed by atoms with E-state index in [4.69, 9.17) is 14.2 Å². The Kier molecular flexibility index (Phi) is 8.21. The van der Waals surface area contributed by atoms with Crippen LogP contribution in [0, 0.1) is 0 Å². The van der Waals surface area contributed by atoms with Crippen LogP contribution >= 0.6 is 0 Å². The van der Waals surface area contributed by atoms with Crippen molar-refractivity contribution in [2.75, 3.05) is 34.0 Å². The molecule has 0 amide bonds. The van der Waals surface area contributed by atoms with Crippen LogP contribution in [0.15, 0.2) is 24.3 Å². The lowest BCUT2D eigenvalue weighted by Gasteiger charge is -2.14. The minimum absolute atomic E-state index is 0.172. The quantitative estimate of drug-likeness (QED) is 0.660. The smallest absolute Gasteiger partial charge is 0.119 e. The standard InChI is InChI=1S/C15H25NO3/c1-13(8-10-17-2)19-15-6-4-14(5-7-15)12-16-9-11-18-3/h4-7,13,16H,8-12H2,1-3H3. The molecule has 0 radical (unpaired) electrons. The van der Waals surface area contributed by atoms with Crippen molar-refractivity contribution in [3.8, 4) is 5.75 Å². The van der Waals surface area contributed by atoms with Crippen LogP contribution in [0.4, 0.5) is 0 Å². The van der Waals surface area contributed by atoms with E-state index in [1.54, 1.807) is 14.2 Å². The van der Waals surface area contributed by atoms with Crippen molar-refractivity contribution >= 4 is 0 Å². The minimum atomic E-state index is 0.172. The number of benzene rings is 1. The van der Waals surface area contributed by atoms with Gasteiger partial charge in [0.15, 0.2) is 0 Å². The fraction of sp³-hybridized carbons (Fsp3) is 0.600. The lowest BCUT2D eigenvalue weighted by atomic mass is 10.2. The molecule has 0 saturated carbocycles. The first-order valence-corrected chi connectivity index (χ1v) is 6.70. The molecule has 0 aliphatic heterocycles. The topological polar surface area (TPSA) is 39.7 Å². The van der Waals surface area contributed by atoms with E-state index in [2.05, 4.69) is 24.4 Å². The molecule has 1 N–H and O–H groups in total. The summed E-state index contributed by atoms with van der Waals surface area (Å²) in [7, 11) is 3.41. The van der Waals surface area contributed by atoms with E-state index in [0.717, 1.165) is 38.5 Å². The Labute approximate surface area is 116 Å². The Hall–Kier alpha value is -1.10. The van der Waals surface area contributed by atoms with Gasteiger partial charge in [0.1, 0.15) is 5.75 Å². The molecule has 0 spiro atoms. The van der Waals surface area contributed by atoms with Gasteiger partial charge in [-0.15, -0.1) is 0 Å². The summed E-state index contributed by atoms with van der Waals surface area (Å²) in [5.74, 6) is 0.907. The first kappa shape index (κ1) is 16.0. The highest BCUT2D eigenvalue weighted by atomic mass is 16.5. The summed E-state index contributed by atoms with van der Waals surface area (Å²) in [6.45, 7) is 5.23. The Morgan fingerprint density at radius 2 is 1.74 bits per heavy atom. The predicted molar refractivity (Wildman–Crippen MR) is 76.6 cm³/mol. The monoisotopic (exact) mass is 267 g/mol. The molecule has 1 rings (SSSR count). The van der Waals surface area contributed by atoms with Crippen LogP contribution in [0.2, 0.25) is 0 Å². The van der Waals surface area contributed by atoms with E-state index in [1.165, 1.54) is 5.56 Å². The van der Waals surface area contributed by atoms with Gasteiger partial charge in [-0.2, -0.15) is 0 Å². The normalized spacial score (nSPS) is 12.4. The van der Waals surface area contributed by atoms with E-state index in [-0.39, 0.29) is 6.10 Å². The molecule has 19 heavy (non-hydrogen) atoms. The van der Waals surface area contributed by atoms with E-state index in [0.29, 0.717) is 0 Å². The maximum atomic E-state index is 5.79. The molecule has 1 unspecified atom stereocenters. The highest BCUT2D eigenvalue weighted by molar-refractivity contribution is 5.27. The summed E-state index contributed by atoms with van der Waals surface area (Å²) < 4.78 is 15.8. The lowest BCUT2D eigenvalue weighted by molar-refractivity contribution is 0.135. The van der Waals surface area contributed by atoms with Crippen LogP contribution in [-0.4, -0.2) is 40.1 Å².